The van der Waals surface area contributed by atoms with E-state index in [1.165, 1.54) is 0 Å². The van der Waals surface area contributed by atoms with Crippen LogP contribution in [0.25, 0.3) is 27.7 Å². The number of benzene rings is 4. The highest BCUT2D eigenvalue weighted by atomic mass is 16.2. The van der Waals surface area contributed by atoms with Crippen LogP contribution in [0, 0.1) is 20.8 Å². The lowest BCUT2D eigenvalue weighted by molar-refractivity contribution is 0.102. The molecule has 0 radical (unpaired) electrons. The lowest BCUT2D eigenvalue weighted by Crippen LogP contribution is -2.14. The molecule has 1 N–H and O–H groups in total. The van der Waals surface area contributed by atoms with E-state index in [0.29, 0.717) is 5.69 Å². The number of carbonyl (C=O) groups is 1. The topological polar surface area (TPSA) is 46.9 Å². The summed E-state index contributed by atoms with van der Waals surface area (Å²) in [6.07, 6.45) is 0. The molecule has 162 valence electrons. The summed E-state index contributed by atoms with van der Waals surface area (Å²) in [7, 11) is 0. The van der Waals surface area contributed by atoms with Crippen molar-refractivity contribution < 1.29 is 4.79 Å². The number of para-hydroxylation sites is 1. The van der Waals surface area contributed by atoms with Gasteiger partial charge in [-0.05, 0) is 60.9 Å². The normalized spacial score (nSPS) is 11.0. The monoisotopic (exact) mass is 431 g/mol. The number of fused-ring (bicyclic) bond motifs is 1. The molecule has 4 heteroatoms. The Kier molecular flexibility index (Phi) is 5.27. The number of amides is 1. The van der Waals surface area contributed by atoms with Crippen molar-refractivity contribution in [3.8, 4) is 16.9 Å². The SMILES string of the molecule is Cc1ccc(NC(=O)c2cc(-c3cccc4ccccc34)n(-c3ccccc3C)n2)c(C)c1. The minimum Gasteiger partial charge on any atom is -0.320 e. The Morgan fingerprint density at radius 2 is 1.55 bits per heavy atom. The van der Waals surface area contributed by atoms with Gasteiger partial charge < -0.3 is 5.32 Å². The standard InChI is InChI=1S/C29H25N3O/c1-19-15-16-25(21(3)17-19)30-29(33)26-18-28(32(31-26)27-14-7-4-9-20(27)2)24-13-8-11-22-10-5-6-12-23(22)24/h4-18H,1-3H3,(H,30,33). The van der Waals surface area contributed by atoms with Gasteiger partial charge in [-0.25, -0.2) is 4.68 Å². The first-order valence-electron chi connectivity index (χ1n) is 11.0. The fourth-order valence-electron chi connectivity index (χ4n) is 4.26. The van der Waals surface area contributed by atoms with Gasteiger partial charge >= 0.3 is 0 Å². The average Bonchev–Trinajstić information content (AvgIpc) is 3.26. The Bertz CT molecular complexity index is 1490. The highest BCUT2D eigenvalue weighted by Gasteiger charge is 2.19. The third-order valence-corrected chi connectivity index (χ3v) is 5.98. The predicted molar refractivity (Wildman–Crippen MR) is 135 cm³/mol. The van der Waals surface area contributed by atoms with Gasteiger partial charge in [-0.1, -0.05) is 78.4 Å². The molecule has 0 aliphatic heterocycles. The zero-order chi connectivity index (χ0) is 22.9. The summed E-state index contributed by atoms with van der Waals surface area (Å²) >= 11 is 0. The van der Waals surface area contributed by atoms with Crippen LogP contribution in [0.5, 0.6) is 0 Å². The van der Waals surface area contributed by atoms with E-state index < -0.39 is 0 Å². The first kappa shape index (κ1) is 20.7. The summed E-state index contributed by atoms with van der Waals surface area (Å²) in [5, 5.41) is 10.1. The maximum absolute atomic E-state index is 13.2. The number of aromatic nitrogens is 2. The maximum Gasteiger partial charge on any atom is 0.276 e. The summed E-state index contributed by atoms with van der Waals surface area (Å²) in [6, 6.07) is 30.5. The van der Waals surface area contributed by atoms with Gasteiger partial charge in [-0.3, -0.25) is 4.79 Å². The Labute approximate surface area is 193 Å². The third kappa shape index (κ3) is 3.92. The van der Waals surface area contributed by atoms with Crippen molar-refractivity contribution in [2.75, 3.05) is 5.32 Å². The van der Waals surface area contributed by atoms with E-state index in [4.69, 9.17) is 5.10 Å². The molecule has 0 saturated carbocycles. The summed E-state index contributed by atoms with van der Waals surface area (Å²) in [5.41, 5.74) is 7.31. The van der Waals surface area contributed by atoms with Crippen molar-refractivity contribution in [3.63, 3.8) is 0 Å². The van der Waals surface area contributed by atoms with E-state index in [1.807, 2.05) is 73.1 Å². The van der Waals surface area contributed by atoms with E-state index >= 15 is 0 Å². The number of rotatable bonds is 4. The molecule has 1 amide bonds. The maximum atomic E-state index is 13.2. The van der Waals surface area contributed by atoms with Crippen LogP contribution >= 0.6 is 0 Å². The van der Waals surface area contributed by atoms with E-state index in [0.717, 1.165) is 50.1 Å². The molecule has 0 saturated heterocycles. The van der Waals surface area contributed by atoms with Crippen LogP contribution in [-0.4, -0.2) is 15.7 Å². The molecule has 0 unspecified atom stereocenters. The highest BCUT2D eigenvalue weighted by molar-refractivity contribution is 6.05. The van der Waals surface area contributed by atoms with Crippen molar-refractivity contribution in [2.24, 2.45) is 0 Å². The molecule has 5 rings (SSSR count). The molecule has 0 aliphatic rings. The fraction of sp³-hybridized carbons (Fsp3) is 0.103. The van der Waals surface area contributed by atoms with E-state index in [-0.39, 0.29) is 5.91 Å². The lowest BCUT2D eigenvalue weighted by Gasteiger charge is -2.12. The Morgan fingerprint density at radius 1 is 0.788 bits per heavy atom. The first-order valence-corrected chi connectivity index (χ1v) is 11.0. The summed E-state index contributed by atoms with van der Waals surface area (Å²) < 4.78 is 1.88. The van der Waals surface area contributed by atoms with Crippen LogP contribution < -0.4 is 5.32 Å². The number of nitrogens with zero attached hydrogens (tertiary/aromatic N) is 2. The smallest absolute Gasteiger partial charge is 0.276 e. The minimum absolute atomic E-state index is 0.226. The number of carbonyl (C=O) groups excluding carboxylic acids is 1. The molecule has 1 heterocycles. The van der Waals surface area contributed by atoms with Gasteiger partial charge in [0.15, 0.2) is 5.69 Å². The molecule has 0 aliphatic carbocycles. The second-order valence-electron chi connectivity index (χ2n) is 8.41. The second kappa shape index (κ2) is 8.40. The van der Waals surface area contributed by atoms with Crippen LogP contribution in [-0.2, 0) is 0 Å². The van der Waals surface area contributed by atoms with Gasteiger partial charge in [0.2, 0.25) is 0 Å². The largest absolute Gasteiger partial charge is 0.320 e. The van der Waals surface area contributed by atoms with Gasteiger partial charge in [0, 0.05) is 11.3 Å². The molecule has 5 aromatic rings. The number of nitrogens with one attached hydrogen (secondary N) is 1. The Morgan fingerprint density at radius 3 is 2.36 bits per heavy atom. The second-order valence-corrected chi connectivity index (χ2v) is 8.41. The predicted octanol–water partition coefficient (Wildman–Crippen LogP) is 6.87. The van der Waals surface area contributed by atoms with Crippen molar-refractivity contribution in [1.29, 1.82) is 0 Å². The minimum atomic E-state index is -0.226. The number of aryl methyl sites for hydroxylation is 3. The average molecular weight is 432 g/mol. The summed E-state index contributed by atoms with van der Waals surface area (Å²) in [4.78, 5) is 13.2. The first-order chi connectivity index (χ1) is 16.0. The summed E-state index contributed by atoms with van der Waals surface area (Å²) in [5.74, 6) is -0.226. The van der Waals surface area contributed by atoms with Crippen LogP contribution in [0.4, 0.5) is 5.69 Å². The molecule has 0 spiro atoms. The van der Waals surface area contributed by atoms with Gasteiger partial charge in [0.05, 0.1) is 11.4 Å². The lowest BCUT2D eigenvalue weighted by atomic mass is 10.0. The molecule has 0 bridgehead atoms. The fourth-order valence-corrected chi connectivity index (χ4v) is 4.26. The Hall–Kier alpha value is -4.18. The number of anilines is 1. The van der Waals surface area contributed by atoms with E-state index in [1.54, 1.807) is 0 Å². The van der Waals surface area contributed by atoms with Crippen LogP contribution in [0.15, 0.2) is 91.0 Å². The molecule has 4 nitrogen and oxygen atoms in total. The van der Waals surface area contributed by atoms with Crippen molar-refractivity contribution in [1.82, 2.24) is 9.78 Å². The van der Waals surface area contributed by atoms with Crippen LogP contribution in [0.3, 0.4) is 0 Å². The van der Waals surface area contributed by atoms with Crippen molar-refractivity contribution in [2.45, 2.75) is 20.8 Å². The van der Waals surface area contributed by atoms with E-state index in [2.05, 4.69) is 48.6 Å². The van der Waals surface area contributed by atoms with Crippen molar-refractivity contribution in [3.05, 3.63) is 113 Å². The zero-order valence-corrected chi connectivity index (χ0v) is 19.0. The third-order valence-electron chi connectivity index (χ3n) is 5.98. The molecular formula is C29H25N3O. The molecule has 33 heavy (non-hydrogen) atoms. The molecule has 4 aromatic carbocycles. The quantitative estimate of drug-likeness (QED) is 0.337. The number of hydrogen-bond donors (Lipinski definition) is 1. The van der Waals surface area contributed by atoms with Gasteiger partial charge in [0.25, 0.3) is 5.91 Å². The molecular weight excluding hydrogens is 406 g/mol. The molecule has 0 fully saturated rings. The van der Waals surface area contributed by atoms with Gasteiger partial charge in [0.1, 0.15) is 0 Å². The Balaban J connectivity index is 1.65. The van der Waals surface area contributed by atoms with E-state index in [9.17, 15) is 4.79 Å². The number of hydrogen-bond acceptors (Lipinski definition) is 2. The van der Waals surface area contributed by atoms with Gasteiger partial charge in [-0.2, -0.15) is 5.10 Å². The zero-order valence-electron chi connectivity index (χ0n) is 19.0. The molecule has 0 atom stereocenters. The van der Waals surface area contributed by atoms with Gasteiger partial charge in [-0.15, -0.1) is 0 Å². The highest BCUT2D eigenvalue weighted by Crippen LogP contribution is 2.32. The summed E-state index contributed by atoms with van der Waals surface area (Å²) in [6.45, 7) is 6.09. The van der Waals surface area contributed by atoms with Crippen molar-refractivity contribution >= 4 is 22.4 Å². The van der Waals surface area contributed by atoms with Crippen LogP contribution in [0.2, 0.25) is 0 Å². The van der Waals surface area contributed by atoms with Crippen LogP contribution in [0.1, 0.15) is 27.2 Å². The molecule has 1 aromatic heterocycles.